The summed E-state index contributed by atoms with van der Waals surface area (Å²) in [5.74, 6) is 0. The summed E-state index contributed by atoms with van der Waals surface area (Å²) in [5.41, 5.74) is 0. The van der Waals surface area contributed by atoms with Crippen molar-refractivity contribution in [1.29, 1.82) is 0 Å². The molecule has 0 nitrogen and oxygen atoms in total. The molecule has 0 N–H and O–H groups in total. The van der Waals surface area contributed by atoms with Crippen LogP contribution in [0.4, 0.5) is 0 Å². The van der Waals surface area contributed by atoms with Crippen LogP contribution in [0.3, 0.4) is 0 Å². The van der Waals surface area contributed by atoms with E-state index in [1.54, 1.807) is 6.08 Å². The van der Waals surface area contributed by atoms with Gasteiger partial charge >= 0.3 is 21.1 Å². The van der Waals surface area contributed by atoms with E-state index in [0.717, 1.165) is 6.42 Å². The summed E-state index contributed by atoms with van der Waals surface area (Å²) in [6.45, 7) is 6.99. The Morgan fingerprint density at radius 1 is 1.71 bits per heavy atom. The molecular weight excluding hydrogens is 256 g/mol. The Morgan fingerprint density at radius 3 is 2.43 bits per heavy atom. The van der Waals surface area contributed by atoms with Gasteiger partial charge in [-0.05, 0) is 0 Å². The Kier molecular flexibility index (Phi) is 13.8. The first-order chi connectivity index (χ1) is 2.91. The molecule has 0 unspecified atom stereocenters. The number of hydrogen-bond acceptors (Lipinski definition) is 0. The summed E-state index contributed by atoms with van der Waals surface area (Å²) in [5, 5.41) is 0. The van der Waals surface area contributed by atoms with Crippen molar-refractivity contribution in [3.05, 3.63) is 24.8 Å². The first-order valence-corrected chi connectivity index (χ1v) is 2.02. The van der Waals surface area contributed by atoms with Crippen molar-refractivity contribution in [3.8, 4) is 0 Å². The van der Waals surface area contributed by atoms with Crippen molar-refractivity contribution in [1.82, 2.24) is 0 Å². The standard InChI is InChI=1S/C6H8.W/c1-3-5-6-4-2;/h1,3,5H,4H2,2H3;/q-2;+2. The van der Waals surface area contributed by atoms with Gasteiger partial charge in [0.25, 0.3) is 0 Å². The van der Waals surface area contributed by atoms with E-state index in [0.29, 0.717) is 0 Å². The molecule has 1 heteroatoms. The fourth-order valence-electron chi connectivity index (χ4n) is 0.186. The molecule has 0 saturated carbocycles. The maximum Gasteiger partial charge on any atom is 2.00 e. The van der Waals surface area contributed by atoms with Gasteiger partial charge in [0.15, 0.2) is 0 Å². The summed E-state index contributed by atoms with van der Waals surface area (Å²) in [6, 6.07) is 0. The molecule has 0 fully saturated rings. The Balaban J connectivity index is 0. The van der Waals surface area contributed by atoms with Crippen LogP contribution in [0.25, 0.3) is 0 Å². The fraction of sp³-hybridized carbons (Fsp3) is 0.333. The molecule has 0 aromatic heterocycles. The minimum Gasteiger partial charge on any atom is -0.394 e. The van der Waals surface area contributed by atoms with E-state index in [4.69, 9.17) is 6.58 Å². The van der Waals surface area contributed by atoms with Gasteiger partial charge in [-0.3, -0.25) is 0 Å². The fourth-order valence-corrected chi connectivity index (χ4v) is 0.186. The molecule has 0 spiro atoms. The monoisotopic (exact) mass is 264 g/mol. The van der Waals surface area contributed by atoms with Crippen molar-refractivity contribution in [2.45, 2.75) is 13.3 Å². The molecule has 0 aliphatic rings. The van der Waals surface area contributed by atoms with Gasteiger partial charge in [-0.25, -0.2) is 0 Å². The van der Waals surface area contributed by atoms with Crippen molar-refractivity contribution in [2.75, 3.05) is 0 Å². The smallest absolute Gasteiger partial charge is 0.394 e. The zero-order chi connectivity index (χ0) is 4.83. The maximum absolute atomic E-state index is 4.97. The first kappa shape index (κ1) is 10.2. The summed E-state index contributed by atoms with van der Waals surface area (Å²) in [7, 11) is 0. The maximum atomic E-state index is 4.97. The molecule has 38 valence electrons. The van der Waals surface area contributed by atoms with Crippen molar-refractivity contribution in [3.63, 3.8) is 0 Å². The average molecular weight is 264 g/mol. The normalized spacial score (nSPS) is 8.14. The quantitative estimate of drug-likeness (QED) is 0.526. The van der Waals surface area contributed by atoms with Crippen LogP contribution in [0, 0.1) is 12.7 Å². The number of hydrogen-bond donors (Lipinski definition) is 0. The second-order valence-electron chi connectivity index (χ2n) is 0.917. The molecule has 0 aliphatic heterocycles. The van der Waals surface area contributed by atoms with Crippen LogP contribution in [0.5, 0.6) is 0 Å². The van der Waals surface area contributed by atoms with Crippen LogP contribution in [-0.4, -0.2) is 0 Å². The van der Waals surface area contributed by atoms with E-state index in [1.807, 2.05) is 6.92 Å². The molecule has 0 amide bonds. The third kappa shape index (κ3) is 10.7. The third-order valence-electron chi connectivity index (χ3n) is 0.418. The Labute approximate surface area is 59.6 Å². The molecule has 0 bridgehead atoms. The molecule has 0 aromatic carbocycles. The SMILES string of the molecule is [CH-]=CC=[C-]CC.[W+2]. The molecular formula is C6H8W. The van der Waals surface area contributed by atoms with Gasteiger partial charge in [-0.15, -0.1) is 6.42 Å². The van der Waals surface area contributed by atoms with Gasteiger partial charge in [0.05, 0.1) is 0 Å². The topological polar surface area (TPSA) is 0 Å². The van der Waals surface area contributed by atoms with Gasteiger partial charge in [-0.2, -0.15) is 0 Å². The predicted octanol–water partition coefficient (Wildman–Crippen LogP) is 1.74. The van der Waals surface area contributed by atoms with Crippen LogP contribution >= 0.6 is 0 Å². The molecule has 0 heterocycles. The van der Waals surface area contributed by atoms with Gasteiger partial charge < -0.3 is 24.8 Å². The Bertz CT molecular complexity index is 55.2. The molecule has 0 aromatic rings. The molecule has 0 saturated heterocycles. The van der Waals surface area contributed by atoms with E-state index >= 15 is 0 Å². The molecule has 0 aliphatic carbocycles. The Hall–Kier alpha value is 0.168. The minimum absolute atomic E-state index is 0. The second-order valence-corrected chi connectivity index (χ2v) is 0.917. The van der Waals surface area contributed by atoms with Crippen LogP contribution < -0.4 is 0 Å². The van der Waals surface area contributed by atoms with Crippen LogP contribution in [0.2, 0.25) is 0 Å². The van der Waals surface area contributed by atoms with Crippen molar-refractivity contribution in [2.24, 2.45) is 0 Å². The van der Waals surface area contributed by atoms with E-state index in [-0.39, 0.29) is 21.1 Å². The predicted molar refractivity (Wildman–Crippen MR) is 27.0 cm³/mol. The summed E-state index contributed by atoms with van der Waals surface area (Å²) >= 11 is 0. The minimum atomic E-state index is 0. The molecule has 0 atom stereocenters. The molecule has 0 radical (unpaired) electrons. The van der Waals surface area contributed by atoms with E-state index < -0.39 is 0 Å². The largest absolute Gasteiger partial charge is 2.00 e. The van der Waals surface area contributed by atoms with Crippen molar-refractivity contribution < 1.29 is 21.1 Å². The average Bonchev–Trinajstić information content (AvgIpc) is 1.61. The summed E-state index contributed by atoms with van der Waals surface area (Å²) in [6.07, 6.45) is 7.01. The van der Waals surface area contributed by atoms with Crippen LogP contribution in [0.15, 0.2) is 12.2 Å². The zero-order valence-corrected chi connectivity index (χ0v) is 7.28. The van der Waals surface area contributed by atoms with Gasteiger partial charge in [0.2, 0.25) is 0 Å². The number of rotatable bonds is 2. The van der Waals surface area contributed by atoms with E-state index in [2.05, 4.69) is 6.08 Å². The summed E-state index contributed by atoms with van der Waals surface area (Å²) < 4.78 is 0. The van der Waals surface area contributed by atoms with Gasteiger partial charge in [0.1, 0.15) is 0 Å². The second kappa shape index (κ2) is 9.48. The van der Waals surface area contributed by atoms with Crippen LogP contribution in [0.1, 0.15) is 13.3 Å². The third-order valence-corrected chi connectivity index (χ3v) is 0.418. The summed E-state index contributed by atoms with van der Waals surface area (Å²) in [4.78, 5) is 0. The van der Waals surface area contributed by atoms with Crippen LogP contribution in [-0.2, 0) is 21.1 Å². The van der Waals surface area contributed by atoms with Crippen molar-refractivity contribution >= 4 is 0 Å². The number of allylic oxidation sites excluding steroid dienone is 3. The molecule has 7 heavy (non-hydrogen) atoms. The zero-order valence-electron chi connectivity index (χ0n) is 4.35. The van der Waals surface area contributed by atoms with E-state index in [1.165, 1.54) is 6.08 Å². The first-order valence-electron chi connectivity index (χ1n) is 2.02. The van der Waals surface area contributed by atoms with Gasteiger partial charge in [0, 0.05) is 0 Å². The molecule has 0 rings (SSSR count). The van der Waals surface area contributed by atoms with E-state index in [9.17, 15) is 0 Å². The Morgan fingerprint density at radius 2 is 2.29 bits per heavy atom. The van der Waals surface area contributed by atoms with Gasteiger partial charge in [-0.1, -0.05) is 6.92 Å².